The highest BCUT2D eigenvalue weighted by Gasteiger charge is 2.29. The van der Waals surface area contributed by atoms with Gasteiger partial charge in [0.2, 0.25) is 5.91 Å². The monoisotopic (exact) mass is 431 g/mol. The number of nitrogens with zero attached hydrogens (tertiary/aromatic N) is 4. The van der Waals surface area contributed by atoms with Crippen molar-refractivity contribution in [2.45, 2.75) is 52.4 Å². The van der Waals surface area contributed by atoms with Gasteiger partial charge in [0.25, 0.3) is 5.91 Å². The lowest BCUT2D eigenvalue weighted by molar-refractivity contribution is -0.123. The van der Waals surface area contributed by atoms with Gasteiger partial charge in [-0.2, -0.15) is 0 Å². The molecule has 1 aromatic rings. The summed E-state index contributed by atoms with van der Waals surface area (Å²) in [4.78, 5) is 38.2. The fraction of sp³-hybridized carbons (Fsp3) is 0.739. The van der Waals surface area contributed by atoms with Crippen molar-refractivity contribution in [2.24, 2.45) is 5.92 Å². The zero-order valence-electron chi connectivity index (χ0n) is 19.2. The van der Waals surface area contributed by atoms with Gasteiger partial charge in [-0.3, -0.25) is 14.5 Å². The second kappa shape index (κ2) is 11.5. The SMILES string of the molecule is CCN(CC)C(=O)c1cnc(C)nc1C1CCC(CNC(=O)CN2CCOCC2)CC1. The van der Waals surface area contributed by atoms with Gasteiger partial charge in [-0.25, -0.2) is 9.97 Å². The van der Waals surface area contributed by atoms with Crippen LogP contribution in [0, 0.1) is 12.8 Å². The Labute approximate surface area is 185 Å². The maximum Gasteiger partial charge on any atom is 0.257 e. The Bertz CT molecular complexity index is 739. The summed E-state index contributed by atoms with van der Waals surface area (Å²) in [5.74, 6) is 1.59. The van der Waals surface area contributed by atoms with Gasteiger partial charge in [0.05, 0.1) is 31.0 Å². The minimum Gasteiger partial charge on any atom is -0.379 e. The van der Waals surface area contributed by atoms with E-state index >= 15 is 0 Å². The van der Waals surface area contributed by atoms with E-state index in [9.17, 15) is 9.59 Å². The van der Waals surface area contributed by atoms with Crippen molar-refractivity contribution in [3.8, 4) is 0 Å². The van der Waals surface area contributed by atoms with Crippen LogP contribution in [0.2, 0.25) is 0 Å². The third kappa shape index (κ3) is 6.46. The van der Waals surface area contributed by atoms with Gasteiger partial charge in [0, 0.05) is 44.8 Å². The van der Waals surface area contributed by atoms with Gasteiger partial charge in [0.1, 0.15) is 5.82 Å². The number of carbonyl (C=O) groups excluding carboxylic acids is 2. The summed E-state index contributed by atoms with van der Waals surface area (Å²) >= 11 is 0. The summed E-state index contributed by atoms with van der Waals surface area (Å²) in [6.45, 7) is 11.5. The zero-order chi connectivity index (χ0) is 22.2. The largest absolute Gasteiger partial charge is 0.379 e. The first-order valence-electron chi connectivity index (χ1n) is 11.7. The summed E-state index contributed by atoms with van der Waals surface area (Å²) in [6, 6.07) is 0. The van der Waals surface area contributed by atoms with Crippen LogP contribution in [0.4, 0.5) is 0 Å². The van der Waals surface area contributed by atoms with E-state index in [0.717, 1.165) is 51.0 Å². The first-order valence-corrected chi connectivity index (χ1v) is 11.7. The number of aryl methyl sites for hydroxylation is 1. The van der Waals surface area contributed by atoms with Crippen LogP contribution in [-0.2, 0) is 9.53 Å². The van der Waals surface area contributed by atoms with E-state index in [1.807, 2.05) is 25.7 Å². The third-order valence-corrected chi connectivity index (χ3v) is 6.51. The highest BCUT2D eigenvalue weighted by atomic mass is 16.5. The van der Waals surface area contributed by atoms with E-state index < -0.39 is 0 Å². The molecular weight excluding hydrogens is 394 g/mol. The Morgan fingerprint density at radius 1 is 1.16 bits per heavy atom. The van der Waals surface area contributed by atoms with E-state index in [4.69, 9.17) is 4.74 Å². The van der Waals surface area contributed by atoms with E-state index in [1.54, 1.807) is 6.20 Å². The Morgan fingerprint density at radius 3 is 2.48 bits per heavy atom. The standard InChI is InChI=1S/C23H37N5O3/c1-4-28(5-2)23(30)20-15-24-17(3)26-22(20)19-8-6-18(7-9-19)14-25-21(29)16-27-10-12-31-13-11-27/h15,18-19H,4-14,16H2,1-3H3,(H,25,29). The number of hydrogen-bond donors (Lipinski definition) is 1. The third-order valence-electron chi connectivity index (χ3n) is 6.51. The topological polar surface area (TPSA) is 87.7 Å². The zero-order valence-corrected chi connectivity index (χ0v) is 19.2. The van der Waals surface area contributed by atoms with Crippen molar-refractivity contribution in [2.75, 3.05) is 52.5 Å². The normalized spacial score (nSPS) is 22.2. The molecule has 8 heteroatoms. The molecule has 1 saturated heterocycles. The average molecular weight is 432 g/mol. The van der Waals surface area contributed by atoms with Crippen molar-refractivity contribution >= 4 is 11.8 Å². The maximum atomic E-state index is 13.0. The van der Waals surface area contributed by atoms with Gasteiger partial charge in [-0.05, 0) is 52.4 Å². The molecule has 1 saturated carbocycles. The fourth-order valence-electron chi connectivity index (χ4n) is 4.56. The van der Waals surface area contributed by atoms with Crippen LogP contribution < -0.4 is 5.32 Å². The van der Waals surface area contributed by atoms with Crippen LogP contribution in [0.15, 0.2) is 6.20 Å². The van der Waals surface area contributed by atoms with Crippen LogP contribution in [0.3, 0.4) is 0 Å². The molecule has 31 heavy (non-hydrogen) atoms. The number of nitrogens with one attached hydrogen (secondary N) is 1. The Kier molecular flexibility index (Phi) is 8.78. The predicted molar refractivity (Wildman–Crippen MR) is 119 cm³/mol. The molecule has 1 aromatic heterocycles. The maximum absolute atomic E-state index is 13.0. The van der Waals surface area contributed by atoms with Gasteiger partial charge < -0.3 is 15.0 Å². The van der Waals surface area contributed by atoms with Gasteiger partial charge in [0.15, 0.2) is 0 Å². The molecule has 0 atom stereocenters. The lowest BCUT2D eigenvalue weighted by atomic mass is 9.79. The number of carbonyl (C=O) groups is 2. The Hall–Kier alpha value is -2.06. The minimum absolute atomic E-state index is 0.0255. The van der Waals surface area contributed by atoms with Crippen molar-refractivity contribution in [3.05, 3.63) is 23.3 Å². The van der Waals surface area contributed by atoms with E-state index in [2.05, 4.69) is 20.2 Å². The van der Waals surface area contributed by atoms with Crippen molar-refractivity contribution in [3.63, 3.8) is 0 Å². The lowest BCUT2D eigenvalue weighted by Crippen LogP contribution is -2.44. The number of amides is 2. The van der Waals surface area contributed by atoms with Crippen LogP contribution >= 0.6 is 0 Å². The minimum atomic E-state index is 0.0255. The number of hydrogen-bond acceptors (Lipinski definition) is 6. The van der Waals surface area contributed by atoms with E-state index in [0.29, 0.717) is 50.2 Å². The molecule has 1 aliphatic carbocycles. The smallest absolute Gasteiger partial charge is 0.257 e. The summed E-state index contributed by atoms with van der Waals surface area (Å²) in [5, 5.41) is 3.12. The summed E-state index contributed by atoms with van der Waals surface area (Å²) in [6.07, 6.45) is 5.74. The van der Waals surface area contributed by atoms with E-state index in [1.165, 1.54) is 0 Å². The van der Waals surface area contributed by atoms with Gasteiger partial charge in [-0.15, -0.1) is 0 Å². The number of morpholine rings is 1. The average Bonchev–Trinajstić information content (AvgIpc) is 2.79. The van der Waals surface area contributed by atoms with Crippen molar-refractivity contribution in [1.82, 2.24) is 25.1 Å². The molecule has 8 nitrogen and oxygen atoms in total. The second-order valence-electron chi connectivity index (χ2n) is 8.60. The molecule has 1 N–H and O–H groups in total. The first-order chi connectivity index (χ1) is 15.0. The number of aromatic nitrogens is 2. The Balaban J connectivity index is 1.53. The highest BCUT2D eigenvalue weighted by Crippen LogP contribution is 2.36. The van der Waals surface area contributed by atoms with Crippen molar-refractivity contribution in [1.29, 1.82) is 0 Å². The van der Waals surface area contributed by atoms with Gasteiger partial charge >= 0.3 is 0 Å². The summed E-state index contributed by atoms with van der Waals surface area (Å²) in [5.41, 5.74) is 1.55. The molecule has 0 spiro atoms. The molecule has 2 amide bonds. The molecule has 172 valence electrons. The molecule has 1 aliphatic heterocycles. The summed E-state index contributed by atoms with van der Waals surface area (Å²) in [7, 11) is 0. The molecule has 3 rings (SSSR count). The second-order valence-corrected chi connectivity index (χ2v) is 8.60. The molecular formula is C23H37N5O3. The summed E-state index contributed by atoms with van der Waals surface area (Å²) < 4.78 is 5.33. The molecule has 2 fully saturated rings. The first kappa shape index (κ1) is 23.6. The van der Waals surface area contributed by atoms with Crippen LogP contribution in [0.25, 0.3) is 0 Å². The van der Waals surface area contributed by atoms with Crippen molar-refractivity contribution < 1.29 is 14.3 Å². The van der Waals surface area contributed by atoms with Crippen LogP contribution in [0.1, 0.15) is 67.3 Å². The molecule has 0 aromatic carbocycles. The molecule has 0 bridgehead atoms. The number of rotatable bonds is 8. The quantitative estimate of drug-likeness (QED) is 0.677. The molecule has 0 unspecified atom stereocenters. The van der Waals surface area contributed by atoms with E-state index in [-0.39, 0.29) is 17.7 Å². The molecule has 2 heterocycles. The molecule has 2 aliphatic rings. The van der Waals surface area contributed by atoms with Crippen LogP contribution in [0.5, 0.6) is 0 Å². The van der Waals surface area contributed by atoms with Crippen LogP contribution in [-0.4, -0.2) is 84.1 Å². The Morgan fingerprint density at radius 2 is 1.84 bits per heavy atom. The predicted octanol–water partition coefficient (Wildman–Crippen LogP) is 1.99. The fourth-order valence-corrected chi connectivity index (χ4v) is 4.56. The lowest BCUT2D eigenvalue weighted by Gasteiger charge is -2.30. The highest BCUT2D eigenvalue weighted by molar-refractivity contribution is 5.95. The number of ether oxygens (including phenoxy) is 1. The van der Waals surface area contributed by atoms with Gasteiger partial charge in [-0.1, -0.05) is 0 Å². The molecule has 0 radical (unpaired) electrons.